The van der Waals surface area contributed by atoms with E-state index in [9.17, 15) is 19.7 Å². The third kappa shape index (κ3) is 3.47. The van der Waals surface area contributed by atoms with Crippen LogP contribution in [0.25, 0.3) is 0 Å². The Hall–Kier alpha value is -3.81. The number of carbonyl (C=O) groups is 2. The van der Waals surface area contributed by atoms with Crippen LogP contribution < -0.4 is 4.74 Å². The lowest BCUT2D eigenvalue weighted by molar-refractivity contribution is -0.384. The Morgan fingerprint density at radius 3 is 2.22 bits per heavy atom. The number of hydrogen-bond donors (Lipinski definition) is 0. The van der Waals surface area contributed by atoms with Crippen LogP contribution in [0.2, 0.25) is 0 Å². The van der Waals surface area contributed by atoms with E-state index in [-0.39, 0.29) is 47.8 Å². The molecule has 2 bridgehead atoms. The molecule has 2 amide bonds. The summed E-state index contributed by atoms with van der Waals surface area (Å²) in [5, 5.41) is 16.1. The van der Waals surface area contributed by atoms with Crippen LogP contribution in [0, 0.1) is 33.8 Å². The zero-order chi connectivity index (χ0) is 22.2. The van der Waals surface area contributed by atoms with Gasteiger partial charge < -0.3 is 4.74 Å². The Morgan fingerprint density at radius 2 is 1.62 bits per heavy atom. The highest BCUT2D eigenvalue weighted by Gasteiger charge is 2.56. The van der Waals surface area contributed by atoms with Crippen molar-refractivity contribution in [3.05, 3.63) is 81.9 Å². The fourth-order valence-corrected chi connectivity index (χ4v) is 4.89. The number of carbonyl (C=O) groups excluding carboxylic acids is 2. The normalized spacial score (nSPS) is 26.1. The number of benzene rings is 2. The molecule has 3 aliphatic carbocycles. The van der Waals surface area contributed by atoms with Gasteiger partial charge in [0.25, 0.3) is 17.5 Å². The number of fused-ring (bicyclic) bond motifs is 1. The number of para-hydroxylation sites is 1. The van der Waals surface area contributed by atoms with Crippen molar-refractivity contribution in [3.8, 4) is 5.75 Å². The van der Waals surface area contributed by atoms with Crippen LogP contribution in [-0.2, 0) is 16.2 Å². The van der Waals surface area contributed by atoms with E-state index >= 15 is 0 Å². The lowest BCUT2D eigenvalue weighted by atomic mass is 9.63. The fraction of sp³-hybridized carbons (Fsp3) is 0.292. The van der Waals surface area contributed by atoms with Crippen molar-refractivity contribution in [1.29, 1.82) is 0 Å². The maximum absolute atomic E-state index is 12.9. The van der Waals surface area contributed by atoms with Gasteiger partial charge in [0.2, 0.25) is 0 Å². The molecule has 0 aromatic heterocycles. The van der Waals surface area contributed by atoms with E-state index in [1.807, 2.05) is 12.1 Å². The van der Waals surface area contributed by atoms with Gasteiger partial charge in [-0.2, -0.15) is 10.1 Å². The zero-order valence-corrected chi connectivity index (χ0v) is 17.2. The molecule has 8 nitrogen and oxygen atoms in total. The molecule has 4 aliphatic rings. The standard InChI is InChI=1S/C24H21N3O5/c28-23-21-16-7-8-17(10-9-16)22(21)24(29)26(23)25-13-18-3-1-2-4-20(18)32-14-15-5-11-19(12-6-15)27(30)31/h1-8,11-13,16-17,21-22H,9-10,14H2/b25-13-/t16-,17-,21-,22-/m0/s1. The largest absolute Gasteiger partial charge is 0.488 e. The van der Waals surface area contributed by atoms with Crippen LogP contribution in [0.4, 0.5) is 5.69 Å². The topological polar surface area (TPSA) is 102 Å². The minimum absolute atomic E-state index is 0.0189. The highest BCUT2D eigenvalue weighted by Crippen LogP contribution is 2.49. The summed E-state index contributed by atoms with van der Waals surface area (Å²) in [5.74, 6) is -0.251. The number of hydrazone groups is 1. The zero-order valence-electron chi connectivity index (χ0n) is 17.2. The summed E-state index contributed by atoms with van der Waals surface area (Å²) in [6, 6.07) is 13.3. The molecule has 1 saturated heterocycles. The summed E-state index contributed by atoms with van der Waals surface area (Å²) in [5.41, 5.74) is 1.43. The number of hydrogen-bond acceptors (Lipinski definition) is 6. The molecule has 0 unspecified atom stereocenters. The van der Waals surface area contributed by atoms with Crippen molar-refractivity contribution in [1.82, 2.24) is 5.01 Å². The second-order valence-corrected chi connectivity index (χ2v) is 8.32. The van der Waals surface area contributed by atoms with E-state index < -0.39 is 4.92 Å². The predicted molar refractivity (Wildman–Crippen MR) is 116 cm³/mol. The lowest BCUT2D eigenvalue weighted by Crippen LogP contribution is -2.38. The summed E-state index contributed by atoms with van der Waals surface area (Å²) in [6.07, 6.45) is 7.52. The number of non-ortho nitro benzene ring substituents is 1. The predicted octanol–water partition coefficient (Wildman–Crippen LogP) is 3.70. The molecule has 1 heterocycles. The van der Waals surface area contributed by atoms with Crippen LogP contribution in [0.3, 0.4) is 0 Å². The first-order chi connectivity index (χ1) is 15.5. The van der Waals surface area contributed by atoms with Crippen molar-refractivity contribution in [2.75, 3.05) is 0 Å². The quantitative estimate of drug-likeness (QED) is 0.228. The molecular formula is C24H21N3O5. The average Bonchev–Trinajstić information content (AvgIpc) is 3.09. The van der Waals surface area contributed by atoms with Gasteiger partial charge in [-0.1, -0.05) is 24.3 Å². The first-order valence-corrected chi connectivity index (χ1v) is 10.6. The molecule has 1 saturated carbocycles. The molecule has 0 spiro atoms. The van der Waals surface area contributed by atoms with E-state index in [1.54, 1.807) is 24.3 Å². The number of ether oxygens (including phenoxy) is 1. The number of allylic oxidation sites excluding steroid dienone is 2. The van der Waals surface area contributed by atoms with Gasteiger partial charge >= 0.3 is 0 Å². The molecular weight excluding hydrogens is 410 g/mol. The van der Waals surface area contributed by atoms with Crippen LogP contribution >= 0.6 is 0 Å². The van der Waals surface area contributed by atoms with E-state index in [2.05, 4.69) is 17.3 Å². The highest BCUT2D eigenvalue weighted by atomic mass is 16.6. The molecule has 4 atom stereocenters. The van der Waals surface area contributed by atoms with Gasteiger partial charge in [-0.25, -0.2) is 0 Å². The van der Waals surface area contributed by atoms with Crippen molar-refractivity contribution in [3.63, 3.8) is 0 Å². The summed E-state index contributed by atoms with van der Waals surface area (Å²) in [4.78, 5) is 36.2. The molecule has 2 aromatic carbocycles. The summed E-state index contributed by atoms with van der Waals surface area (Å²) < 4.78 is 5.87. The second-order valence-electron chi connectivity index (χ2n) is 8.32. The fourth-order valence-electron chi connectivity index (χ4n) is 4.89. The Morgan fingerprint density at radius 1 is 1.00 bits per heavy atom. The molecule has 162 valence electrons. The van der Waals surface area contributed by atoms with Gasteiger partial charge in [0.15, 0.2) is 0 Å². The minimum Gasteiger partial charge on any atom is -0.488 e. The lowest BCUT2D eigenvalue weighted by Gasteiger charge is -2.37. The van der Waals surface area contributed by atoms with Crippen LogP contribution in [0.1, 0.15) is 24.0 Å². The van der Waals surface area contributed by atoms with Crippen molar-refractivity contribution >= 4 is 23.7 Å². The van der Waals surface area contributed by atoms with Gasteiger partial charge in [-0.3, -0.25) is 19.7 Å². The number of rotatable bonds is 6. The number of nitrogens with zero attached hydrogens (tertiary/aromatic N) is 3. The highest BCUT2D eigenvalue weighted by molar-refractivity contribution is 6.06. The first kappa shape index (κ1) is 20.1. The van der Waals surface area contributed by atoms with Gasteiger partial charge in [-0.05, 0) is 54.5 Å². The average molecular weight is 431 g/mol. The van der Waals surface area contributed by atoms with Crippen molar-refractivity contribution < 1.29 is 19.2 Å². The smallest absolute Gasteiger partial charge is 0.269 e. The molecule has 8 heteroatoms. The number of nitro benzene ring substituents is 1. The third-order valence-corrected chi connectivity index (χ3v) is 6.51. The molecule has 2 fully saturated rings. The minimum atomic E-state index is -0.449. The monoisotopic (exact) mass is 431 g/mol. The molecule has 0 N–H and O–H groups in total. The summed E-state index contributed by atoms with van der Waals surface area (Å²) in [7, 11) is 0. The molecule has 6 rings (SSSR count). The number of nitro groups is 1. The van der Waals surface area contributed by atoms with E-state index in [4.69, 9.17) is 4.74 Å². The SMILES string of the molecule is O=C1[C@@H]2[C@@H](C(=O)N1/N=C\c1ccccc1OCc1ccc([N+](=O)[O-])cc1)[C@H]1C=C[C@H]2CC1. The molecule has 0 radical (unpaired) electrons. The van der Waals surface area contributed by atoms with Crippen molar-refractivity contribution in [2.24, 2.45) is 28.8 Å². The van der Waals surface area contributed by atoms with Crippen LogP contribution in [-0.4, -0.2) is 28.0 Å². The maximum Gasteiger partial charge on any atom is 0.269 e. The molecule has 1 aliphatic heterocycles. The first-order valence-electron chi connectivity index (χ1n) is 10.6. The van der Waals surface area contributed by atoms with Gasteiger partial charge in [-0.15, -0.1) is 0 Å². The Bertz CT molecular complexity index is 1110. The van der Waals surface area contributed by atoms with E-state index in [0.717, 1.165) is 23.4 Å². The number of imide groups is 1. The van der Waals surface area contributed by atoms with Crippen molar-refractivity contribution in [2.45, 2.75) is 19.4 Å². The third-order valence-electron chi connectivity index (χ3n) is 6.51. The van der Waals surface area contributed by atoms with E-state index in [1.165, 1.54) is 18.3 Å². The maximum atomic E-state index is 12.9. The van der Waals surface area contributed by atoms with E-state index in [0.29, 0.717) is 11.3 Å². The Kier molecular flexibility index (Phi) is 5.05. The van der Waals surface area contributed by atoms with Gasteiger partial charge in [0, 0.05) is 17.7 Å². The Balaban J connectivity index is 1.31. The van der Waals surface area contributed by atoms with Gasteiger partial charge in [0.05, 0.1) is 23.0 Å². The van der Waals surface area contributed by atoms with Crippen LogP contribution in [0.15, 0.2) is 65.8 Å². The second kappa shape index (κ2) is 8.03. The number of amides is 2. The summed E-state index contributed by atoms with van der Waals surface area (Å²) >= 11 is 0. The molecule has 2 aromatic rings. The molecule has 32 heavy (non-hydrogen) atoms. The Labute approximate surface area is 184 Å². The summed E-state index contributed by atoms with van der Waals surface area (Å²) in [6.45, 7) is 0.212. The van der Waals surface area contributed by atoms with Gasteiger partial charge in [0.1, 0.15) is 12.4 Å². The van der Waals surface area contributed by atoms with Crippen LogP contribution in [0.5, 0.6) is 5.75 Å².